The molecule has 0 saturated heterocycles. The Morgan fingerprint density at radius 2 is 1.00 bits per heavy atom. The molecule has 264 valence electrons. The van der Waals surface area contributed by atoms with Crippen LogP contribution >= 0.6 is 11.3 Å². The Morgan fingerprint density at radius 3 is 1.77 bits per heavy atom. The standard InChI is InChI=1S/C52H30N4S/c1-2-14-31(15-3-1)49-53-50(32-26-27-36-35-18-8-13-25-45(35)57-46(36)30-32)55-51(54-49)56-43-24-12-7-20-38(43)48-44(56)29-28-42-47(48)37-19-6-11-23-41(37)52(42)39-21-9-4-16-33(39)34-17-5-10-22-40(34)52/h1-30H. The molecule has 0 unspecified atom stereocenters. The summed E-state index contributed by atoms with van der Waals surface area (Å²) < 4.78 is 4.74. The van der Waals surface area contributed by atoms with Crippen LogP contribution in [0.3, 0.4) is 0 Å². The first kappa shape index (κ1) is 31.0. The summed E-state index contributed by atoms with van der Waals surface area (Å²) in [5.74, 6) is 1.88. The molecule has 0 radical (unpaired) electrons. The predicted molar refractivity (Wildman–Crippen MR) is 234 cm³/mol. The quantitative estimate of drug-likeness (QED) is 0.181. The lowest BCUT2D eigenvalue weighted by Gasteiger charge is -2.30. The highest BCUT2D eigenvalue weighted by Gasteiger charge is 2.52. The van der Waals surface area contributed by atoms with Gasteiger partial charge in [-0.15, -0.1) is 11.3 Å². The van der Waals surface area contributed by atoms with Gasteiger partial charge in [0.15, 0.2) is 11.6 Å². The Kier molecular flexibility index (Phi) is 6.22. The Balaban J connectivity index is 1.11. The Labute approximate surface area is 332 Å². The molecule has 0 aliphatic heterocycles. The molecule has 2 aliphatic rings. The summed E-state index contributed by atoms with van der Waals surface area (Å²) in [6.07, 6.45) is 0. The molecule has 3 heterocycles. The molecule has 4 nitrogen and oxygen atoms in total. The van der Waals surface area contributed by atoms with Crippen LogP contribution in [-0.2, 0) is 5.41 Å². The minimum atomic E-state index is -0.428. The van der Waals surface area contributed by atoms with E-state index in [1.165, 1.54) is 75.5 Å². The maximum absolute atomic E-state index is 5.35. The number of para-hydroxylation sites is 1. The number of benzene rings is 8. The molecule has 0 atom stereocenters. The third-order valence-electron chi connectivity index (χ3n) is 12.3. The minimum Gasteiger partial charge on any atom is -0.278 e. The van der Waals surface area contributed by atoms with Gasteiger partial charge in [0, 0.05) is 42.1 Å². The number of hydrogen-bond donors (Lipinski definition) is 0. The number of rotatable bonds is 3. The van der Waals surface area contributed by atoms with Gasteiger partial charge in [0.25, 0.3) is 0 Å². The van der Waals surface area contributed by atoms with Gasteiger partial charge in [0.2, 0.25) is 5.95 Å². The number of thiophene rings is 1. The number of fused-ring (bicyclic) bond motifs is 17. The molecule has 0 bridgehead atoms. The Bertz CT molecular complexity index is 3440. The van der Waals surface area contributed by atoms with Gasteiger partial charge in [-0.3, -0.25) is 4.57 Å². The van der Waals surface area contributed by atoms with Crippen molar-refractivity contribution < 1.29 is 0 Å². The molecule has 8 aromatic carbocycles. The molecule has 0 saturated carbocycles. The highest BCUT2D eigenvalue weighted by atomic mass is 32.1. The zero-order chi connectivity index (χ0) is 37.2. The summed E-state index contributed by atoms with van der Waals surface area (Å²) in [6.45, 7) is 0. The molecule has 1 spiro atoms. The van der Waals surface area contributed by atoms with Crippen LogP contribution in [-0.4, -0.2) is 19.5 Å². The topological polar surface area (TPSA) is 43.6 Å². The van der Waals surface area contributed by atoms with Crippen molar-refractivity contribution in [2.45, 2.75) is 5.41 Å². The predicted octanol–water partition coefficient (Wildman–Crippen LogP) is 13.0. The molecule has 0 N–H and O–H groups in total. The third-order valence-corrected chi connectivity index (χ3v) is 13.4. The van der Waals surface area contributed by atoms with Crippen LogP contribution in [0.25, 0.3) is 93.0 Å². The number of aromatic nitrogens is 4. The van der Waals surface area contributed by atoms with E-state index in [1.54, 1.807) is 11.3 Å². The first-order chi connectivity index (χ1) is 28.3. The third kappa shape index (κ3) is 4.08. The molecule has 11 aromatic rings. The van der Waals surface area contributed by atoms with E-state index < -0.39 is 5.41 Å². The van der Waals surface area contributed by atoms with Gasteiger partial charge in [-0.25, -0.2) is 4.98 Å². The van der Waals surface area contributed by atoms with Gasteiger partial charge >= 0.3 is 0 Å². The van der Waals surface area contributed by atoms with E-state index in [1.807, 2.05) is 18.2 Å². The summed E-state index contributed by atoms with van der Waals surface area (Å²) in [6, 6.07) is 65.9. The number of hydrogen-bond acceptors (Lipinski definition) is 4. The second kappa shape index (κ2) is 11.4. The van der Waals surface area contributed by atoms with Crippen molar-refractivity contribution in [3.63, 3.8) is 0 Å². The average molecular weight is 743 g/mol. The highest BCUT2D eigenvalue weighted by Crippen LogP contribution is 2.64. The monoisotopic (exact) mass is 742 g/mol. The van der Waals surface area contributed by atoms with Crippen LogP contribution in [0.4, 0.5) is 0 Å². The maximum atomic E-state index is 5.35. The summed E-state index contributed by atoms with van der Waals surface area (Å²) in [5, 5.41) is 4.91. The van der Waals surface area contributed by atoms with Crippen LogP contribution in [0.2, 0.25) is 0 Å². The van der Waals surface area contributed by atoms with Gasteiger partial charge in [-0.05, 0) is 68.8 Å². The Morgan fingerprint density at radius 1 is 0.404 bits per heavy atom. The van der Waals surface area contributed by atoms with E-state index in [0.717, 1.165) is 22.2 Å². The fourth-order valence-corrected chi connectivity index (χ4v) is 11.2. The number of nitrogens with zero attached hydrogens (tertiary/aromatic N) is 4. The zero-order valence-electron chi connectivity index (χ0n) is 30.5. The fourth-order valence-electron chi connectivity index (χ4n) is 10.0. The normalized spacial score (nSPS) is 13.4. The lowest BCUT2D eigenvalue weighted by molar-refractivity contribution is 0.794. The van der Waals surface area contributed by atoms with Gasteiger partial charge < -0.3 is 0 Å². The molecule has 5 heteroatoms. The summed E-state index contributed by atoms with van der Waals surface area (Å²) in [7, 11) is 0. The van der Waals surface area contributed by atoms with Gasteiger partial charge in [-0.1, -0.05) is 158 Å². The van der Waals surface area contributed by atoms with E-state index >= 15 is 0 Å². The molecule has 2 aliphatic carbocycles. The van der Waals surface area contributed by atoms with Crippen molar-refractivity contribution in [3.8, 4) is 51.0 Å². The Hall–Kier alpha value is -7.21. The van der Waals surface area contributed by atoms with Gasteiger partial charge in [-0.2, -0.15) is 9.97 Å². The summed E-state index contributed by atoms with van der Waals surface area (Å²) >= 11 is 1.81. The van der Waals surface area contributed by atoms with E-state index in [-0.39, 0.29) is 0 Å². The molecule has 57 heavy (non-hydrogen) atoms. The molecule has 0 amide bonds. The van der Waals surface area contributed by atoms with E-state index in [2.05, 4.69) is 168 Å². The average Bonchev–Trinajstić information content (AvgIpc) is 4.00. The van der Waals surface area contributed by atoms with Crippen molar-refractivity contribution in [3.05, 3.63) is 204 Å². The van der Waals surface area contributed by atoms with Crippen LogP contribution < -0.4 is 0 Å². The van der Waals surface area contributed by atoms with E-state index in [4.69, 9.17) is 15.0 Å². The van der Waals surface area contributed by atoms with Gasteiger partial charge in [0.1, 0.15) is 0 Å². The van der Waals surface area contributed by atoms with Gasteiger partial charge in [0.05, 0.1) is 16.4 Å². The fraction of sp³-hybridized carbons (Fsp3) is 0.0192. The van der Waals surface area contributed by atoms with E-state index in [0.29, 0.717) is 17.6 Å². The molecule has 13 rings (SSSR count). The largest absolute Gasteiger partial charge is 0.278 e. The lowest BCUT2D eigenvalue weighted by Crippen LogP contribution is -2.25. The van der Waals surface area contributed by atoms with Crippen LogP contribution in [0.5, 0.6) is 0 Å². The van der Waals surface area contributed by atoms with Crippen molar-refractivity contribution in [2.75, 3.05) is 0 Å². The first-order valence-corrected chi connectivity index (χ1v) is 20.2. The highest BCUT2D eigenvalue weighted by molar-refractivity contribution is 7.25. The van der Waals surface area contributed by atoms with Crippen molar-refractivity contribution in [1.29, 1.82) is 0 Å². The lowest BCUT2D eigenvalue weighted by atomic mass is 9.70. The SMILES string of the molecule is c1ccc(-c2nc(-c3ccc4c(c3)sc3ccccc34)nc(-n3c4ccccc4c4c5c(ccc43)C3(c4ccccc4-c4ccccc43)c3ccccc3-5)n2)cc1. The first-order valence-electron chi connectivity index (χ1n) is 19.4. The maximum Gasteiger partial charge on any atom is 0.238 e. The molecule has 3 aromatic heterocycles. The van der Waals surface area contributed by atoms with Crippen molar-refractivity contribution in [1.82, 2.24) is 19.5 Å². The van der Waals surface area contributed by atoms with Crippen molar-refractivity contribution in [2.24, 2.45) is 0 Å². The minimum absolute atomic E-state index is 0.428. The van der Waals surface area contributed by atoms with Crippen LogP contribution in [0.15, 0.2) is 182 Å². The molecule has 0 fully saturated rings. The summed E-state index contributed by atoms with van der Waals surface area (Å²) in [5.41, 5.74) is 14.1. The second-order valence-corrected chi connectivity index (χ2v) is 16.2. The second-order valence-electron chi connectivity index (χ2n) is 15.1. The smallest absolute Gasteiger partial charge is 0.238 e. The van der Waals surface area contributed by atoms with Crippen LogP contribution in [0, 0.1) is 0 Å². The van der Waals surface area contributed by atoms with Crippen molar-refractivity contribution >= 4 is 53.3 Å². The zero-order valence-corrected chi connectivity index (χ0v) is 31.3. The van der Waals surface area contributed by atoms with E-state index in [9.17, 15) is 0 Å². The summed E-state index contributed by atoms with van der Waals surface area (Å²) in [4.78, 5) is 15.8. The molecular weight excluding hydrogens is 713 g/mol. The molecular formula is C52H30N4S. The van der Waals surface area contributed by atoms with Crippen LogP contribution in [0.1, 0.15) is 22.3 Å².